The van der Waals surface area contributed by atoms with Crippen LogP contribution in [0.2, 0.25) is 10.0 Å². The van der Waals surface area contributed by atoms with Crippen LogP contribution in [0.25, 0.3) is 0 Å². The zero-order valence-corrected chi connectivity index (χ0v) is 22.1. The van der Waals surface area contributed by atoms with E-state index in [2.05, 4.69) is 9.89 Å². The van der Waals surface area contributed by atoms with Crippen molar-refractivity contribution in [3.05, 3.63) is 58.6 Å². The molecule has 2 aromatic rings. The molecule has 151 valence electrons. The Kier molecular flexibility index (Phi) is 8.75. The molecule has 4 rings (SSSR count). The molecular weight excluding hydrogens is 631 g/mol. The third-order valence-corrected chi connectivity index (χ3v) is 19.6. The van der Waals surface area contributed by atoms with Crippen molar-refractivity contribution in [1.29, 1.82) is 0 Å². The van der Waals surface area contributed by atoms with Crippen molar-refractivity contribution in [1.82, 2.24) is 4.90 Å². The van der Waals surface area contributed by atoms with Gasteiger partial charge in [-0.15, -0.1) is 0 Å². The minimum atomic E-state index is -3.54. The van der Waals surface area contributed by atoms with Crippen molar-refractivity contribution in [3.63, 3.8) is 0 Å². The van der Waals surface area contributed by atoms with Crippen LogP contribution in [0.15, 0.2) is 53.5 Å². The van der Waals surface area contributed by atoms with Gasteiger partial charge >= 0.3 is 123 Å². The third kappa shape index (κ3) is 6.22. The summed E-state index contributed by atoms with van der Waals surface area (Å²) in [5.74, 6) is 1.40. The molecule has 2 aliphatic heterocycles. The van der Waals surface area contributed by atoms with Gasteiger partial charge in [0.05, 0.1) is 5.84 Å². The molecule has 28 heavy (non-hydrogen) atoms. The summed E-state index contributed by atoms with van der Waals surface area (Å²) >= 11 is 8.16. The van der Waals surface area contributed by atoms with Gasteiger partial charge < -0.3 is 4.90 Å². The summed E-state index contributed by atoms with van der Waals surface area (Å²) in [6.07, 6.45) is 6.63. The quantitative estimate of drug-likeness (QED) is 0.380. The van der Waals surface area contributed by atoms with Crippen LogP contribution in [0.1, 0.15) is 32.1 Å². The standard InChI is InChI=1S/C9H16N2.2C6H4Cl.Bi.2ClH/c1-2-5-9-10-6-4-8-11(9)7-3-1;2*7-6-4-2-1-3-5-6;;;/h1-8H2;2*2-5H;;2*1H/q;;;+2;;/p-2. The molecule has 2 heterocycles. The maximum absolute atomic E-state index is 6.59. The maximum atomic E-state index is 6.59. The van der Waals surface area contributed by atoms with Gasteiger partial charge in [-0.2, -0.15) is 0 Å². The first-order chi connectivity index (χ1) is 13.5. The van der Waals surface area contributed by atoms with E-state index in [0.29, 0.717) is 10.0 Å². The van der Waals surface area contributed by atoms with E-state index < -0.39 is 17.9 Å². The van der Waals surface area contributed by atoms with Gasteiger partial charge in [-0.05, 0) is 19.3 Å². The predicted molar refractivity (Wildman–Crippen MR) is 127 cm³/mol. The number of aliphatic imine (C=N–C) groups is 1. The predicted octanol–water partition coefficient (Wildman–Crippen LogP) is 5.69. The van der Waals surface area contributed by atoms with E-state index in [9.17, 15) is 0 Å². The average molecular weight is 655 g/mol. The molecular formula is C21H24BiCl4N2. The third-order valence-electron chi connectivity index (χ3n) is 4.88. The normalized spacial score (nSPS) is 17.0. The van der Waals surface area contributed by atoms with Crippen LogP contribution in [-0.2, 0) is 0 Å². The van der Waals surface area contributed by atoms with Gasteiger partial charge in [0.25, 0.3) is 0 Å². The van der Waals surface area contributed by atoms with E-state index in [1.165, 1.54) is 51.0 Å². The number of fused-ring (bicyclic) bond motifs is 1. The molecule has 2 aromatic carbocycles. The Morgan fingerprint density at radius 1 is 0.714 bits per heavy atom. The molecule has 0 aromatic heterocycles. The Bertz CT molecular complexity index is 744. The Morgan fingerprint density at radius 2 is 1.25 bits per heavy atom. The van der Waals surface area contributed by atoms with Gasteiger partial charge in [0, 0.05) is 26.1 Å². The molecule has 2 nitrogen and oxygen atoms in total. The van der Waals surface area contributed by atoms with Crippen LogP contribution in [0, 0.1) is 0 Å². The molecule has 1 saturated heterocycles. The fourth-order valence-electron chi connectivity index (χ4n) is 3.35. The Hall–Kier alpha value is -0.0469. The number of amidine groups is 1. The van der Waals surface area contributed by atoms with E-state index in [1.807, 2.05) is 48.5 Å². The molecule has 0 amide bonds. The number of rotatable bonds is 2. The summed E-state index contributed by atoms with van der Waals surface area (Å²) in [4.78, 5) is 7.04. The SMILES string of the molecule is C1CCC2=NCCCN2CC1.Clc1cc[c]([Bi]([Cl])([Cl])[c]2ccc(Cl)cc2)cc1. The van der Waals surface area contributed by atoms with E-state index in [0.717, 1.165) is 13.1 Å². The van der Waals surface area contributed by atoms with Gasteiger partial charge in [0.2, 0.25) is 0 Å². The van der Waals surface area contributed by atoms with Gasteiger partial charge in [-0.25, -0.2) is 0 Å². The molecule has 0 spiro atoms. The van der Waals surface area contributed by atoms with Crippen molar-refractivity contribution >= 4 is 70.5 Å². The summed E-state index contributed by atoms with van der Waals surface area (Å²) in [6.45, 7) is 3.60. The van der Waals surface area contributed by atoms with Crippen molar-refractivity contribution in [2.45, 2.75) is 32.1 Å². The first kappa shape index (κ1) is 22.6. The van der Waals surface area contributed by atoms with Crippen LogP contribution in [-0.4, -0.2) is 48.2 Å². The molecule has 0 bridgehead atoms. The Morgan fingerprint density at radius 3 is 1.82 bits per heavy atom. The van der Waals surface area contributed by atoms with E-state index in [1.54, 1.807) is 0 Å². The topological polar surface area (TPSA) is 15.6 Å². The van der Waals surface area contributed by atoms with E-state index in [-0.39, 0.29) is 0 Å². The van der Waals surface area contributed by atoms with Crippen molar-refractivity contribution in [2.75, 3.05) is 19.6 Å². The second kappa shape index (κ2) is 10.8. The fraction of sp³-hybridized carbons (Fsp3) is 0.381. The molecule has 0 saturated carbocycles. The monoisotopic (exact) mass is 653 g/mol. The minimum absolute atomic E-state index is 0.682. The van der Waals surface area contributed by atoms with E-state index >= 15 is 0 Å². The van der Waals surface area contributed by atoms with Gasteiger partial charge in [0.15, 0.2) is 0 Å². The first-order valence-corrected chi connectivity index (χ1v) is 22.3. The van der Waals surface area contributed by atoms with Crippen molar-refractivity contribution in [3.8, 4) is 0 Å². The molecule has 0 aliphatic carbocycles. The molecule has 2 aliphatic rings. The number of benzene rings is 2. The molecule has 0 atom stereocenters. The molecule has 7 heteroatoms. The molecule has 0 N–H and O–H groups in total. The van der Waals surface area contributed by atoms with Gasteiger partial charge in [0.1, 0.15) is 0 Å². The number of halogens is 4. The summed E-state index contributed by atoms with van der Waals surface area (Å²) in [6, 6.07) is 14.8. The van der Waals surface area contributed by atoms with Crippen LogP contribution >= 0.6 is 40.2 Å². The van der Waals surface area contributed by atoms with Crippen molar-refractivity contribution in [2.24, 2.45) is 4.99 Å². The summed E-state index contributed by atoms with van der Waals surface area (Å²) in [5.41, 5.74) is 0. The van der Waals surface area contributed by atoms with Gasteiger partial charge in [-0.1, -0.05) is 6.42 Å². The first-order valence-electron chi connectivity index (χ1n) is 9.56. The summed E-state index contributed by atoms with van der Waals surface area (Å²) < 4.78 is 1.97. The Labute approximate surface area is 189 Å². The van der Waals surface area contributed by atoms with Crippen LogP contribution < -0.4 is 6.54 Å². The average Bonchev–Trinajstić information content (AvgIpc) is 2.95. The van der Waals surface area contributed by atoms with E-state index in [4.69, 9.17) is 40.2 Å². The van der Waals surface area contributed by atoms with Crippen LogP contribution in [0.5, 0.6) is 0 Å². The van der Waals surface area contributed by atoms with Crippen LogP contribution in [0.3, 0.4) is 0 Å². The van der Waals surface area contributed by atoms with Crippen molar-refractivity contribution < 1.29 is 0 Å². The number of hydrogen-bond acceptors (Lipinski definition) is 2. The molecule has 0 unspecified atom stereocenters. The zero-order valence-electron chi connectivity index (χ0n) is 15.6. The Balaban J connectivity index is 0.000000176. The second-order valence-corrected chi connectivity index (χ2v) is 26.2. The second-order valence-electron chi connectivity index (χ2n) is 6.92. The van der Waals surface area contributed by atoms with Gasteiger partial charge in [-0.3, -0.25) is 4.99 Å². The summed E-state index contributed by atoms with van der Waals surface area (Å²) in [5, 5.41) is 1.36. The fourth-order valence-corrected chi connectivity index (χ4v) is 12.8. The zero-order chi connectivity index (χ0) is 20.0. The number of hydrogen-bond donors (Lipinski definition) is 0. The summed E-state index contributed by atoms with van der Waals surface area (Å²) in [7, 11) is 13.2. The molecule has 1 fully saturated rings. The van der Waals surface area contributed by atoms with Crippen LogP contribution in [0.4, 0.5) is 0 Å². The number of nitrogens with zero attached hydrogens (tertiary/aromatic N) is 2. The molecule has 1 radical (unpaired) electrons.